The van der Waals surface area contributed by atoms with E-state index in [-0.39, 0.29) is 11.9 Å². The molecule has 1 unspecified atom stereocenters. The van der Waals surface area contributed by atoms with Crippen molar-refractivity contribution in [3.63, 3.8) is 0 Å². The highest BCUT2D eigenvalue weighted by atomic mass is 32.1. The molecule has 0 radical (unpaired) electrons. The molecule has 0 fully saturated rings. The average molecular weight is 328 g/mol. The minimum atomic E-state index is 0.00989. The first-order chi connectivity index (χ1) is 11.3. The van der Waals surface area contributed by atoms with Gasteiger partial charge in [0.2, 0.25) is 0 Å². The number of fused-ring (bicyclic) bond motifs is 1. The maximum Gasteiger partial charge on any atom is 0.261 e. The van der Waals surface area contributed by atoms with Crippen LogP contribution in [-0.2, 0) is 0 Å². The highest BCUT2D eigenvalue weighted by Gasteiger charge is 2.10. The number of carbonyl (C=O) groups is 1. The number of aromatic nitrogens is 2. The van der Waals surface area contributed by atoms with Crippen molar-refractivity contribution in [3.05, 3.63) is 58.5 Å². The van der Waals surface area contributed by atoms with Gasteiger partial charge in [-0.15, -0.1) is 11.3 Å². The second-order valence-corrected chi connectivity index (χ2v) is 6.34. The highest BCUT2D eigenvalue weighted by Crippen LogP contribution is 2.18. The van der Waals surface area contributed by atoms with E-state index in [0.29, 0.717) is 6.54 Å². The first kappa shape index (κ1) is 15.7. The van der Waals surface area contributed by atoms with E-state index in [4.69, 9.17) is 0 Å². The number of hydrogen-bond acceptors (Lipinski definition) is 4. The molecule has 0 aromatic carbocycles. The highest BCUT2D eigenvalue weighted by molar-refractivity contribution is 7.12. The molecule has 120 valence electrons. The van der Waals surface area contributed by atoms with Gasteiger partial charge in [0.25, 0.3) is 5.91 Å². The monoisotopic (exact) mass is 328 g/mol. The molecule has 3 heterocycles. The van der Waals surface area contributed by atoms with Gasteiger partial charge < -0.3 is 10.6 Å². The fraction of sp³-hybridized carbons (Fsp3) is 0.294. The number of nitrogens with one attached hydrogen (secondary N) is 2. The van der Waals surface area contributed by atoms with Crippen molar-refractivity contribution >= 4 is 22.8 Å². The number of rotatable bonds is 7. The van der Waals surface area contributed by atoms with Crippen molar-refractivity contribution in [2.75, 3.05) is 13.1 Å². The summed E-state index contributed by atoms with van der Waals surface area (Å²) in [4.78, 5) is 12.6. The van der Waals surface area contributed by atoms with E-state index < -0.39 is 0 Å². The molecule has 6 heteroatoms. The first-order valence-electron chi connectivity index (χ1n) is 7.73. The molecule has 0 aliphatic heterocycles. The molecule has 3 aromatic heterocycles. The molecule has 2 N–H and O–H groups in total. The summed E-state index contributed by atoms with van der Waals surface area (Å²) in [7, 11) is 0. The summed E-state index contributed by atoms with van der Waals surface area (Å²) < 4.78 is 1.88. The number of hydrogen-bond donors (Lipinski definition) is 2. The Kier molecular flexibility index (Phi) is 5.05. The molecule has 0 bridgehead atoms. The predicted octanol–water partition coefficient (Wildman–Crippen LogP) is 2.87. The Morgan fingerprint density at radius 3 is 3.04 bits per heavy atom. The molecule has 3 rings (SSSR count). The summed E-state index contributed by atoms with van der Waals surface area (Å²) in [6, 6.07) is 10.0. The summed E-state index contributed by atoms with van der Waals surface area (Å²) >= 11 is 1.46. The van der Waals surface area contributed by atoms with Crippen molar-refractivity contribution in [1.29, 1.82) is 0 Å². The number of pyridine rings is 1. The SMILES string of the molecule is CC(NCCCNC(=O)c1cccs1)c1cnn2ccccc12. The van der Waals surface area contributed by atoms with Gasteiger partial charge in [-0.3, -0.25) is 4.79 Å². The van der Waals surface area contributed by atoms with E-state index in [9.17, 15) is 4.79 Å². The molecule has 5 nitrogen and oxygen atoms in total. The van der Waals surface area contributed by atoms with Gasteiger partial charge in [0, 0.05) is 24.3 Å². The molecular weight excluding hydrogens is 308 g/mol. The van der Waals surface area contributed by atoms with Crippen molar-refractivity contribution in [2.45, 2.75) is 19.4 Å². The number of amides is 1. The van der Waals surface area contributed by atoms with Gasteiger partial charge >= 0.3 is 0 Å². The lowest BCUT2D eigenvalue weighted by atomic mass is 10.1. The molecule has 1 amide bonds. The van der Waals surface area contributed by atoms with Crippen molar-refractivity contribution < 1.29 is 4.79 Å². The lowest BCUT2D eigenvalue weighted by Gasteiger charge is -2.13. The number of carbonyl (C=O) groups excluding carboxylic acids is 1. The van der Waals surface area contributed by atoms with E-state index in [1.165, 1.54) is 16.9 Å². The van der Waals surface area contributed by atoms with Crippen LogP contribution in [0.25, 0.3) is 5.52 Å². The standard InChI is InChI=1S/C17H20N4OS/c1-13(14-12-20-21-10-3-2-6-15(14)21)18-8-5-9-19-17(22)16-7-4-11-23-16/h2-4,6-7,10-13,18H,5,8-9H2,1H3,(H,19,22). The van der Waals surface area contributed by atoms with Gasteiger partial charge in [0.15, 0.2) is 0 Å². The minimum absolute atomic E-state index is 0.00989. The Hall–Kier alpha value is -2.18. The Balaban J connectivity index is 1.43. The summed E-state index contributed by atoms with van der Waals surface area (Å²) in [6.45, 7) is 3.65. The zero-order valence-electron chi connectivity index (χ0n) is 13.0. The maximum atomic E-state index is 11.8. The predicted molar refractivity (Wildman–Crippen MR) is 92.9 cm³/mol. The van der Waals surface area contributed by atoms with Crippen molar-refractivity contribution in [3.8, 4) is 0 Å². The van der Waals surface area contributed by atoms with Gasteiger partial charge in [-0.25, -0.2) is 4.52 Å². The number of thiophene rings is 1. The van der Waals surface area contributed by atoms with Crippen molar-refractivity contribution in [2.24, 2.45) is 0 Å². The van der Waals surface area contributed by atoms with E-state index in [1.54, 1.807) is 0 Å². The molecule has 0 saturated carbocycles. The molecule has 3 aromatic rings. The van der Waals surface area contributed by atoms with Gasteiger partial charge in [-0.2, -0.15) is 5.10 Å². The second kappa shape index (κ2) is 7.39. The summed E-state index contributed by atoms with van der Waals surface area (Å²) in [6.07, 6.45) is 4.75. The van der Waals surface area contributed by atoms with Gasteiger partial charge in [-0.05, 0) is 43.5 Å². The van der Waals surface area contributed by atoms with E-state index in [2.05, 4.69) is 28.7 Å². The molecular formula is C17H20N4OS. The van der Waals surface area contributed by atoms with Gasteiger partial charge in [-0.1, -0.05) is 12.1 Å². The molecule has 0 spiro atoms. The minimum Gasteiger partial charge on any atom is -0.351 e. The van der Waals surface area contributed by atoms with E-state index >= 15 is 0 Å². The van der Waals surface area contributed by atoms with Gasteiger partial charge in [0.1, 0.15) is 0 Å². The van der Waals surface area contributed by atoms with E-state index in [0.717, 1.165) is 23.4 Å². The largest absolute Gasteiger partial charge is 0.351 e. The first-order valence-corrected chi connectivity index (χ1v) is 8.61. The normalized spacial score (nSPS) is 12.4. The van der Waals surface area contributed by atoms with Gasteiger partial charge in [0.05, 0.1) is 16.6 Å². The fourth-order valence-corrected chi connectivity index (χ4v) is 3.14. The Morgan fingerprint density at radius 1 is 1.30 bits per heavy atom. The fourth-order valence-electron chi connectivity index (χ4n) is 2.50. The van der Waals surface area contributed by atoms with Crippen LogP contribution in [-0.4, -0.2) is 28.6 Å². The summed E-state index contributed by atoms with van der Waals surface area (Å²) in [5.41, 5.74) is 2.31. The average Bonchev–Trinajstić information content (AvgIpc) is 3.23. The lowest BCUT2D eigenvalue weighted by Crippen LogP contribution is -2.27. The zero-order chi connectivity index (χ0) is 16.1. The smallest absolute Gasteiger partial charge is 0.261 e. The molecule has 1 atom stereocenters. The molecule has 0 aliphatic carbocycles. The van der Waals surface area contributed by atoms with Crippen LogP contribution in [0.5, 0.6) is 0 Å². The maximum absolute atomic E-state index is 11.8. The second-order valence-electron chi connectivity index (χ2n) is 5.39. The van der Waals surface area contributed by atoms with Crippen LogP contribution < -0.4 is 10.6 Å². The third-order valence-corrected chi connectivity index (χ3v) is 4.63. The Morgan fingerprint density at radius 2 is 2.22 bits per heavy atom. The lowest BCUT2D eigenvalue weighted by molar-refractivity contribution is 0.0957. The Labute approximate surface area is 139 Å². The zero-order valence-corrected chi connectivity index (χ0v) is 13.8. The Bertz CT molecular complexity index is 766. The van der Waals surface area contributed by atoms with Crippen LogP contribution in [0.15, 0.2) is 48.1 Å². The molecule has 0 aliphatic rings. The van der Waals surface area contributed by atoms with Crippen LogP contribution in [0, 0.1) is 0 Å². The van der Waals surface area contributed by atoms with Crippen LogP contribution in [0.2, 0.25) is 0 Å². The van der Waals surface area contributed by atoms with E-state index in [1.807, 2.05) is 46.6 Å². The third-order valence-electron chi connectivity index (χ3n) is 3.76. The van der Waals surface area contributed by atoms with Crippen LogP contribution in [0.3, 0.4) is 0 Å². The molecule has 23 heavy (non-hydrogen) atoms. The van der Waals surface area contributed by atoms with Crippen molar-refractivity contribution in [1.82, 2.24) is 20.2 Å². The summed E-state index contributed by atoms with van der Waals surface area (Å²) in [5, 5.41) is 12.7. The van der Waals surface area contributed by atoms with Crippen LogP contribution in [0.4, 0.5) is 0 Å². The molecule has 0 saturated heterocycles. The summed E-state index contributed by atoms with van der Waals surface area (Å²) in [5.74, 6) is 0.00989. The third kappa shape index (κ3) is 3.78. The topological polar surface area (TPSA) is 58.4 Å². The number of nitrogens with zero attached hydrogens (tertiary/aromatic N) is 2. The van der Waals surface area contributed by atoms with Crippen LogP contribution in [0.1, 0.15) is 34.6 Å². The van der Waals surface area contributed by atoms with Crippen LogP contribution >= 0.6 is 11.3 Å². The quantitative estimate of drug-likeness (QED) is 0.656.